The number of unbranched alkanes of at least 4 members (excludes halogenated alkanes) is 1. The molecule has 2 aliphatic heterocycles. The fourth-order valence-electron chi connectivity index (χ4n) is 6.75. The number of benzene rings is 2. The Kier molecular flexibility index (Phi) is 10.8. The van der Waals surface area contributed by atoms with Crippen LogP contribution < -0.4 is 14.8 Å². The average molecular weight is 600 g/mol. The molecule has 0 radical (unpaired) electrons. The number of nitrogens with one attached hydrogen (secondary N) is 1. The average Bonchev–Trinajstić information content (AvgIpc) is 2.98. The summed E-state index contributed by atoms with van der Waals surface area (Å²) in [6, 6.07) is 15.0. The maximum Gasteiger partial charge on any atom is 0.246 e. The Morgan fingerprint density at radius 1 is 0.952 bits per heavy atom. The lowest BCUT2D eigenvalue weighted by Gasteiger charge is -2.52. The number of ether oxygens (including phenoxy) is 2. The Hall–Kier alpha value is -2.81. The van der Waals surface area contributed by atoms with Crippen LogP contribution in [0.2, 0.25) is 0 Å². The molecular weight excluding hydrogens is 554 g/mol. The van der Waals surface area contributed by atoms with Crippen molar-refractivity contribution in [3.8, 4) is 17.2 Å². The minimum Gasteiger partial charge on any atom is -0.497 e. The standard InChI is InChI=1S/C33H45N3O5.ClH/c1-3-4-19-36-30(37)29(23-32(39)15-6-5-7-16-32)34-31(38)33(36)17-20-35(21-18-33)24-25-11-13-26(14-12-25)41-28-10-8-9-27(22-28)40-2;/h8-14,22,29,39H,3-7,15-21,23-24H2,1-2H3,(H,34,38);1H/t29-;/m1./s1. The van der Waals surface area contributed by atoms with Gasteiger partial charge >= 0.3 is 0 Å². The zero-order valence-corrected chi connectivity index (χ0v) is 25.8. The Bertz CT molecular complexity index is 1190. The van der Waals surface area contributed by atoms with E-state index in [1.807, 2.05) is 41.3 Å². The molecule has 0 aromatic heterocycles. The smallest absolute Gasteiger partial charge is 0.246 e. The number of aliphatic hydroxyl groups is 1. The maximum atomic E-state index is 13.8. The number of rotatable bonds is 10. The zero-order valence-electron chi connectivity index (χ0n) is 25.0. The van der Waals surface area contributed by atoms with Crippen molar-refractivity contribution in [2.24, 2.45) is 0 Å². The number of nitrogens with zero attached hydrogens (tertiary/aromatic N) is 2. The molecule has 1 saturated carbocycles. The molecule has 2 saturated heterocycles. The number of carbonyl (C=O) groups is 2. The summed E-state index contributed by atoms with van der Waals surface area (Å²) < 4.78 is 11.3. The molecule has 3 aliphatic rings. The molecule has 0 unspecified atom stereocenters. The summed E-state index contributed by atoms with van der Waals surface area (Å²) in [5.41, 5.74) is -0.486. The number of piperazine rings is 1. The lowest BCUT2D eigenvalue weighted by molar-refractivity contribution is -0.163. The lowest BCUT2D eigenvalue weighted by atomic mass is 9.77. The first-order valence-electron chi connectivity index (χ1n) is 15.3. The van der Waals surface area contributed by atoms with Crippen LogP contribution in [0.4, 0.5) is 0 Å². The van der Waals surface area contributed by atoms with Gasteiger partial charge in [-0.2, -0.15) is 0 Å². The Morgan fingerprint density at radius 2 is 1.64 bits per heavy atom. The molecule has 2 N–H and O–H groups in total. The largest absolute Gasteiger partial charge is 0.497 e. The molecular formula is C33H46ClN3O5. The second-order valence-electron chi connectivity index (χ2n) is 12.1. The molecule has 42 heavy (non-hydrogen) atoms. The molecule has 1 atom stereocenters. The number of hydrogen-bond acceptors (Lipinski definition) is 6. The number of amides is 2. The lowest BCUT2D eigenvalue weighted by Crippen LogP contribution is -2.73. The molecule has 1 aliphatic carbocycles. The third-order valence-corrected chi connectivity index (χ3v) is 9.20. The minimum absolute atomic E-state index is 0. The van der Waals surface area contributed by atoms with Gasteiger partial charge in [0.2, 0.25) is 11.8 Å². The third-order valence-electron chi connectivity index (χ3n) is 9.20. The number of hydrogen-bond donors (Lipinski definition) is 2. The second-order valence-corrected chi connectivity index (χ2v) is 12.1. The van der Waals surface area contributed by atoms with Crippen LogP contribution in [0, 0.1) is 0 Å². The van der Waals surface area contributed by atoms with Gasteiger partial charge in [-0.25, -0.2) is 0 Å². The van der Waals surface area contributed by atoms with Gasteiger partial charge in [0.1, 0.15) is 28.8 Å². The summed E-state index contributed by atoms with van der Waals surface area (Å²) in [5, 5.41) is 14.2. The summed E-state index contributed by atoms with van der Waals surface area (Å²) in [4.78, 5) is 31.8. The van der Waals surface area contributed by atoms with Crippen molar-refractivity contribution in [1.82, 2.24) is 15.1 Å². The first-order chi connectivity index (χ1) is 19.8. The Morgan fingerprint density at radius 3 is 2.31 bits per heavy atom. The summed E-state index contributed by atoms with van der Waals surface area (Å²) >= 11 is 0. The number of piperidine rings is 1. The molecule has 230 valence electrons. The highest BCUT2D eigenvalue weighted by Gasteiger charge is 2.54. The van der Waals surface area contributed by atoms with E-state index >= 15 is 0 Å². The predicted molar refractivity (Wildman–Crippen MR) is 165 cm³/mol. The van der Waals surface area contributed by atoms with Crippen LogP contribution in [0.15, 0.2) is 48.5 Å². The molecule has 9 heteroatoms. The van der Waals surface area contributed by atoms with E-state index < -0.39 is 17.2 Å². The van der Waals surface area contributed by atoms with Gasteiger partial charge < -0.3 is 24.8 Å². The number of likely N-dealkylation sites (tertiary alicyclic amines) is 1. The van der Waals surface area contributed by atoms with E-state index in [-0.39, 0.29) is 24.2 Å². The van der Waals surface area contributed by atoms with Crippen molar-refractivity contribution >= 4 is 24.2 Å². The Balaban J connectivity index is 0.00000405. The van der Waals surface area contributed by atoms with E-state index in [9.17, 15) is 14.7 Å². The third kappa shape index (κ3) is 7.21. The van der Waals surface area contributed by atoms with Crippen molar-refractivity contribution in [3.05, 3.63) is 54.1 Å². The molecule has 5 rings (SSSR count). The summed E-state index contributed by atoms with van der Waals surface area (Å²) in [6.45, 7) is 4.95. The highest BCUT2D eigenvalue weighted by atomic mass is 35.5. The van der Waals surface area contributed by atoms with Crippen LogP contribution in [0.3, 0.4) is 0 Å². The molecule has 1 spiro atoms. The molecule has 8 nitrogen and oxygen atoms in total. The normalized spacial score (nSPS) is 21.9. The summed E-state index contributed by atoms with van der Waals surface area (Å²) in [7, 11) is 1.64. The van der Waals surface area contributed by atoms with E-state index in [4.69, 9.17) is 9.47 Å². The van der Waals surface area contributed by atoms with Gasteiger partial charge in [0.25, 0.3) is 0 Å². The quantitative estimate of drug-likeness (QED) is 0.377. The molecule has 2 aromatic rings. The van der Waals surface area contributed by atoms with Crippen LogP contribution in [0.1, 0.15) is 76.7 Å². The van der Waals surface area contributed by atoms with Crippen molar-refractivity contribution in [3.63, 3.8) is 0 Å². The van der Waals surface area contributed by atoms with Crippen LogP contribution in [0.25, 0.3) is 0 Å². The van der Waals surface area contributed by atoms with Gasteiger partial charge in [-0.3, -0.25) is 14.5 Å². The van der Waals surface area contributed by atoms with Gasteiger partial charge in [-0.15, -0.1) is 12.4 Å². The molecule has 2 amide bonds. The molecule has 2 aromatic carbocycles. The monoisotopic (exact) mass is 599 g/mol. The van der Waals surface area contributed by atoms with E-state index in [0.29, 0.717) is 38.6 Å². The van der Waals surface area contributed by atoms with Crippen LogP contribution in [-0.2, 0) is 16.1 Å². The predicted octanol–water partition coefficient (Wildman–Crippen LogP) is 5.46. The fraction of sp³-hybridized carbons (Fsp3) is 0.576. The molecule has 2 heterocycles. The van der Waals surface area contributed by atoms with E-state index in [2.05, 4.69) is 29.3 Å². The van der Waals surface area contributed by atoms with Crippen molar-refractivity contribution in [1.29, 1.82) is 0 Å². The van der Waals surface area contributed by atoms with E-state index in [0.717, 1.165) is 69.0 Å². The highest BCUT2D eigenvalue weighted by molar-refractivity contribution is 6.00. The topological polar surface area (TPSA) is 91.3 Å². The van der Waals surface area contributed by atoms with Gasteiger partial charge in [-0.1, -0.05) is 50.8 Å². The zero-order chi connectivity index (χ0) is 28.9. The molecule has 3 fully saturated rings. The highest BCUT2D eigenvalue weighted by Crippen LogP contribution is 2.38. The fourth-order valence-corrected chi connectivity index (χ4v) is 6.75. The van der Waals surface area contributed by atoms with Crippen LogP contribution in [-0.4, -0.2) is 70.6 Å². The molecule has 0 bridgehead atoms. The summed E-state index contributed by atoms with van der Waals surface area (Å²) in [6.07, 6.45) is 7.85. The first kappa shape index (κ1) is 32.1. The second kappa shape index (κ2) is 14.1. The van der Waals surface area contributed by atoms with Crippen LogP contribution >= 0.6 is 12.4 Å². The van der Waals surface area contributed by atoms with E-state index in [1.165, 1.54) is 5.56 Å². The van der Waals surface area contributed by atoms with E-state index in [1.54, 1.807) is 7.11 Å². The number of methoxy groups -OCH3 is 1. The summed E-state index contributed by atoms with van der Waals surface area (Å²) in [5.74, 6) is 2.17. The van der Waals surface area contributed by atoms with Crippen molar-refractivity contribution < 1.29 is 24.2 Å². The number of halogens is 1. The van der Waals surface area contributed by atoms with Crippen LogP contribution in [0.5, 0.6) is 17.2 Å². The van der Waals surface area contributed by atoms with Gasteiger partial charge in [0, 0.05) is 38.7 Å². The van der Waals surface area contributed by atoms with Gasteiger partial charge in [0.05, 0.1) is 12.7 Å². The maximum absolute atomic E-state index is 13.8. The number of carbonyl (C=O) groups excluding carboxylic acids is 2. The van der Waals surface area contributed by atoms with Gasteiger partial charge in [-0.05, 0) is 61.9 Å². The van der Waals surface area contributed by atoms with Crippen molar-refractivity contribution in [2.75, 3.05) is 26.7 Å². The minimum atomic E-state index is -0.856. The first-order valence-corrected chi connectivity index (χ1v) is 15.3. The Labute approximate surface area is 256 Å². The SMILES string of the molecule is CCCCN1C(=O)[C@@H](CC2(O)CCCCC2)NC(=O)C12CCN(Cc1ccc(Oc3cccc(OC)c3)cc1)CC2.Cl. The van der Waals surface area contributed by atoms with Gasteiger partial charge in [0.15, 0.2) is 0 Å². The van der Waals surface area contributed by atoms with Crippen molar-refractivity contribution in [2.45, 2.75) is 94.9 Å².